The number of benzene rings is 2. The fraction of sp³-hybridized carbons (Fsp3) is 0.200. The molecule has 0 saturated carbocycles. The minimum atomic E-state index is -1.25. The van der Waals surface area contributed by atoms with E-state index in [1.165, 1.54) is 6.07 Å². The van der Waals surface area contributed by atoms with E-state index in [4.69, 9.17) is 0 Å². The van der Waals surface area contributed by atoms with Gasteiger partial charge in [0.25, 0.3) is 0 Å². The highest BCUT2D eigenvalue weighted by Crippen LogP contribution is 2.24. The standard InChI is InChI=1S/C20H20N2O3/c1-20(25,15-7-3-2-4-8-15)12-19(24)21-13-14-11-18(23)22-17-10-6-5-9-16(14)17/h2-11,25H,12-13H2,1H3,(H,21,24)(H,22,23). The van der Waals surface area contributed by atoms with E-state index in [1.54, 1.807) is 19.1 Å². The molecule has 0 bridgehead atoms. The number of pyridine rings is 1. The second-order valence-electron chi connectivity index (χ2n) is 6.30. The van der Waals surface area contributed by atoms with Gasteiger partial charge in [0.2, 0.25) is 11.5 Å². The summed E-state index contributed by atoms with van der Waals surface area (Å²) in [5.74, 6) is -0.279. The number of para-hydroxylation sites is 1. The number of fused-ring (bicyclic) bond motifs is 1. The first kappa shape index (κ1) is 16.9. The third kappa shape index (κ3) is 3.95. The molecule has 128 valence electrons. The summed E-state index contributed by atoms with van der Waals surface area (Å²) < 4.78 is 0. The molecular formula is C20H20N2O3. The zero-order valence-corrected chi connectivity index (χ0v) is 14.0. The first-order valence-corrected chi connectivity index (χ1v) is 8.11. The molecule has 0 aliphatic rings. The van der Waals surface area contributed by atoms with E-state index < -0.39 is 5.60 Å². The van der Waals surface area contributed by atoms with Gasteiger partial charge >= 0.3 is 0 Å². The van der Waals surface area contributed by atoms with E-state index in [0.717, 1.165) is 16.5 Å². The third-order valence-corrected chi connectivity index (χ3v) is 4.21. The number of aliphatic hydroxyl groups is 1. The SMILES string of the molecule is CC(O)(CC(=O)NCc1cc(=O)[nH]c2ccccc12)c1ccccc1. The van der Waals surface area contributed by atoms with Crippen molar-refractivity contribution in [2.45, 2.75) is 25.5 Å². The van der Waals surface area contributed by atoms with Crippen molar-refractivity contribution in [3.63, 3.8) is 0 Å². The van der Waals surface area contributed by atoms with Gasteiger partial charge in [0, 0.05) is 23.5 Å². The monoisotopic (exact) mass is 336 g/mol. The van der Waals surface area contributed by atoms with E-state index >= 15 is 0 Å². The summed E-state index contributed by atoms with van der Waals surface area (Å²) in [6.07, 6.45) is -0.0574. The second kappa shape index (κ2) is 6.91. The Morgan fingerprint density at radius 1 is 1.12 bits per heavy atom. The molecule has 0 fully saturated rings. The van der Waals surface area contributed by atoms with Gasteiger partial charge in [-0.25, -0.2) is 0 Å². The number of hydrogen-bond acceptors (Lipinski definition) is 3. The number of nitrogens with one attached hydrogen (secondary N) is 2. The van der Waals surface area contributed by atoms with Gasteiger partial charge in [-0.05, 0) is 24.1 Å². The molecule has 1 aromatic heterocycles. The van der Waals surface area contributed by atoms with Gasteiger partial charge in [0.15, 0.2) is 0 Å². The van der Waals surface area contributed by atoms with Gasteiger partial charge in [-0.3, -0.25) is 9.59 Å². The summed E-state index contributed by atoms with van der Waals surface area (Å²) in [6.45, 7) is 1.85. The van der Waals surface area contributed by atoms with Crippen molar-refractivity contribution in [2.75, 3.05) is 0 Å². The summed E-state index contributed by atoms with van der Waals surface area (Å²) in [6, 6.07) is 18.0. The summed E-state index contributed by atoms with van der Waals surface area (Å²) in [4.78, 5) is 26.8. The number of rotatable bonds is 5. The second-order valence-corrected chi connectivity index (χ2v) is 6.30. The van der Waals surface area contributed by atoms with Gasteiger partial charge in [-0.2, -0.15) is 0 Å². The summed E-state index contributed by atoms with van der Waals surface area (Å²) >= 11 is 0. The minimum absolute atomic E-state index is 0.0574. The van der Waals surface area contributed by atoms with Crippen LogP contribution in [-0.2, 0) is 16.9 Å². The maximum absolute atomic E-state index is 12.3. The maximum Gasteiger partial charge on any atom is 0.248 e. The van der Waals surface area contributed by atoms with Crippen molar-refractivity contribution >= 4 is 16.8 Å². The number of carbonyl (C=O) groups is 1. The largest absolute Gasteiger partial charge is 0.385 e. The lowest BCUT2D eigenvalue weighted by atomic mass is 9.92. The molecule has 0 aliphatic heterocycles. The highest BCUT2D eigenvalue weighted by atomic mass is 16.3. The van der Waals surface area contributed by atoms with E-state index in [0.29, 0.717) is 5.56 Å². The van der Waals surface area contributed by atoms with Crippen LogP contribution < -0.4 is 10.9 Å². The van der Waals surface area contributed by atoms with E-state index in [9.17, 15) is 14.7 Å². The smallest absolute Gasteiger partial charge is 0.248 e. The first-order valence-electron chi connectivity index (χ1n) is 8.11. The predicted octanol–water partition coefficient (Wildman–Crippen LogP) is 2.44. The van der Waals surface area contributed by atoms with E-state index in [2.05, 4.69) is 10.3 Å². The van der Waals surface area contributed by atoms with Gasteiger partial charge < -0.3 is 15.4 Å². The molecule has 0 radical (unpaired) electrons. The Hall–Kier alpha value is -2.92. The van der Waals surface area contributed by atoms with Crippen molar-refractivity contribution in [3.05, 3.63) is 82.1 Å². The molecule has 1 heterocycles. The molecule has 0 spiro atoms. The topological polar surface area (TPSA) is 82.2 Å². The van der Waals surface area contributed by atoms with Crippen LogP contribution >= 0.6 is 0 Å². The number of hydrogen-bond donors (Lipinski definition) is 3. The van der Waals surface area contributed by atoms with Crippen molar-refractivity contribution in [2.24, 2.45) is 0 Å². The summed E-state index contributed by atoms with van der Waals surface area (Å²) in [5.41, 5.74) is 0.704. The first-order chi connectivity index (χ1) is 12.0. The Morgan fingerprint density at radius 3 is 2.56 bits per heavy atom. The van der Waals surface area contributed by atoms with Crippen LogP contribution in [0.5, 0.6) is 0 Å². The average molecular weight is 336 g/mol. The molecular weight excluding hydrogens is 316 g/mol. The number of aromatic amines is 1. The van der Waals surface area contributed by atoms with Gasteiger partial charge in [0.1, 0.15) is 0 Å². The fourth-order valence-corrected chi connectivity index (χ4v) is 2.89. The van der Waals surface area contributed by atoms with Gasteiger partial charge in [0.05, 0.1) is 12.0 Å². The summed E-state index contributed by atoms with van der Waals surface area (Å²) in [5, 5.41) is 14.2. The molecule has 25 heavy (non-hydrogen) atoms. The third-order valence-electron chi connectivity index (χ3n) is 4.21. The highest BCUT2D eigenvalue weighted by molar-refractivity contribution is 5.83. The zero-order chi connectivity index (χ0) is 17.9. The molecule has 3 N–H and O–H groups in total. The van der Waals surface area contributed by atoms with Crippen LogP contribution in [0.25, 0.3) is 10.9 Å². The van der Waals surface area contributed by atoms with Crippen LogP contribution in [0.15, 0.2) is 65.5 Å². The zero-order valence-electron chi connectivity index (χ0n) is 14.0. The Morgan fingerprint density at radius 2 is 1.80 bits per heavy atom. The molecule has 3 aromatic rings. The lowest BCUT2D eigenvalue weighted by molar-refractivity contribution is -0.126. The lowest BCUT2D eigenvalue weighted by Crippen LogP contribution is -2.32. The van der Waals surface area contributed by atoms with Crippen molar-refractivity contribution in [3.8, 4) is 0 Å². The van der Waals surface area contributed by atoms with Crippen molar-refractivity contribution in [1.29, 1.82) is 0 Å². The molecule has 0 aliphatic carbocycles. The van der Waals surface area contributed by atoms with E-state index in [-0.39, 0.29) is 24.4 Å². The fourth-order valence-electron chi connectivity index (χ4n) is 2.89. The van der Waals surface area contributed by atoms with Crippen LogP contribution in [0.1, 0.15) is 24.5 Å². The molecule has 5 heteroatoms. The average Bonchev–Trinajstić information content (AvgIpc) is 2.60. The maximum atomic E-state index is 12.3. The normalized spacial score (nSPS) is 13.4. The van der Waals surface area contributed by atoms with Crippen LogP contribution in [0.3, 0.4) is 0 Å². The number of amides is 1. The van der Waals surface area contributed by atoms with Gasteiger partial charge in [-0.15, -0.1) is 0 Å². The molecule has 0 saturated heterocycles. The number of H-pyrrole nitrogens is 1. The van der Waals surface area contributed by atoms with Crippen LogP contribution in [0, 0.1) is 0 Å². The van der Waals surface area contributed by atoms with Crippen LogP contribution in [0.4, 0.5) is 0 Å². The molecule has 1 amide bonds. The van der Waals surface area contributed by atoms with Crippen molar-refractivity contribution < 1.29 is 9.90 Å². The summed E-state index contributed by atoms with van der Waals surface area (Å²) in [7, 11) is 0. The van der Waals surface area contributed by atoms with Crippen molar-refractivity contribution in [1.82, 2.24) is 10.3 Å². The quantitative estimate of drug-likeness (QED) is 0.669. The lowest BCUT2D eigenvalue weighted by Gasteiger charge is -2.23. The van der Waals surface area contributed by atoms with E-state index in [1.807, 2.05) is 42.5 Å². The molecule has 1 unspecified atom stereocenters. The number of aromatic nitrogens is 1. The Balaban J connectivity index is 1.72. The molecule has 3 rings (SSSR count). The predicted molar refractivity (Wildman–Crippen MR) is 97.0 cm³/mol. The Labute approximate surface area is 145 Å². The van der Waals surface area contributed by atoms with Crippen LogP contribution in [-0.4, -0.2) is 16.0 Å². The minimum Gasteiger partial charge on any atom is -0.385 e. The highest BCUT2D eigenvalue weighted by Gasteiger charge is 2.26. The molecule has 2 aromatic carbocycles. The van der Waals surface area contributed by atoms with Crippen LogP contribution in [0.2, 0.25) is 0 Å². The van der Waals surface area contributed by atoms with Gasteiger partial charge in [-0.1, -0.05) is 48.5 Å². The molecule has 5 nitrogen and oxygen atoms in total. The molecule has 1 atom stereocenters. The Kier molecular flexibility index (Phi) is 4.67. The number of carbonyl (C=O) groups excluding carboxylic acids is 1. The Bertz CT molecular complexity index is 946.